The van der Waals surface area contributed by atoms with Gasteiger partial charge in [0, 0.05) is 36.0 Å². The van der Waals surface area contributed by atoms with Gasteiger partial charge in [-0.25, -0.2) is 4.98 Å². The molecule has 1 aromatic carbocycles. The molecule has 0 saturated heterocycles. The third kappa shape index (κ3) is 3.23. The van der Waals surface area contributed by atoms with Crippen LogP contribution in [-0.2, 0) is 6.54 Å². The van der Waals surface area contributed by atoms with Crippen LogP contribution < -0.4 is 0 Å². The maximum Gasteiger partial charge on any atom is 0.278 e. The van der Waals surface area contributed by atoms with Crippen LogP contribution in [0.25, 0.3) is 22.0 Å². The molecule has 3 aromatic rings. The number of hydrogen-bond donors (Lipinski definition) is 0. The minimum Gasteiger partial charge on any atom is -0.308 e. The predicted molar refractivity (Wildman–Crippen MR) is 88.1 cm³/mol. The Hall–Kier alpha value is -2.87. The average Bonchev–Trinajstić information content (AvgIpc) is 2.94. The summed E-state index contributed by atoms with van der Waals surface area (Å²) in [5.74, 6) is -0.629. The molecule has 0 aliphatic heterocycles. The summed E-state index contributed by atoms with van der Waals surface area (Å²) in [5.41, 5.74) is 1.45. The highest BCUT2D eigenvalue weighted by Gasteiger charge is 2.18. The first-order chi connectivity index (χ1) is 11.4. The molecular formula is C16H16FN5O2. The molecule has 24 heavy (non-hydrogen) atoms. The quantitative estimate of drug-likeness (QED) is 0.409. The monoisotopic (exact) mass is 329 g/mol. The van der Waals surface area contributed by atoms with Crippen molar-refractivity contribution in [2.24, 2.45) is 0 Å². The summed E-state index contributed by atoms with van der Waals surface area (Å²) in [4.78, 5) is 16.6. The fourth-order valence-electron chi connectivity index (χ4n) is 2.45. The van der Waals surface area contributed by atoms with E-state index in [0.717, 1.165) is 6.54 Å². The van der Waals surface area contributed by atoms with Crippen LogP contribution in [0.2, 0.25) is 0 Å². The number of nitro benzene ring substituents is 1. The highest BCUT2D eigenvalue weighted by molar-refractivity contribution is 5.89. The molecule has 0 unspecified atom stereocenters. The Kier molecular flexibility index (Phi) is 4.22. The van der Waals surface area contributed by atoms with Crippen molar-refractivity contribution in [3.05, 3.63) is 52.7 Å². The van der Waals surface area contributed by atoms with Crippen molar-refractivity contribution in [3.63, 3.8) is 0 Å². The number of nitro groups is 1. The van der Waals surface area contributed by atoms with Crippen LogP contribution in [0.15, 0.2) is 36.7 Å². The van der Waals surface area contributed by atoms with E-state index in [4.69, 9.17) is 0 Å². The number of nitrogens with zero attached hydrogens (tertiary/aromatic N) is 5. The second-order valence-corrected chi connectivity index (χ2v) is 5.75. The van der Waals surface area contributed by atoms with Gasteiger partial charge in [0.2, 0.25) is 5.95 Å². The Morgan fingerprint density at radius 2 is 2.12 bits per heavy atom. The van der Waals surface area contributed by atoms with Gasteiger partial charge in [0.25, 0.3) is 5.69 Å². The molecule has 0 saturated carbocycles. The van der Waals surface area contributed by atoms with Crippen molar-refractivity contribution in [1.82, 2.24) is 19.7 Å². The van der Waals surface area contributed by atoms with Crippen LogP contribution in [0.5, 0.6) is 0 Å². The Labute approximate surface area is 137 Å². The minimum absolute atomic E-state index is 0.0527. The highest BCUT2D eigenvalue weighted by Crippen LogP contribution is 2.33. The standard InChI is InChI=1S/C16H16FN5O2/c1-20(2)5-6-21-10-12-7-15(22(23)24)13(8-14(12)19-21)11-3-4-16(17)18-9-11/h3-4,7-10H,5-6H2,1-2H3. The number of hydrogen-bond acceptors (Lipinski definition) is 5. The van der Waals surface area contributed by atoms with Gasteiger partial charge in [0.15, 0.2) is 0 Å². The van der Waals surface area contributed by atoms with Crippen molar-refractivity contribution in [1.29, 1.82) is 0 Å². The fourth-order valence-corrected chi connectivity index (χ4v) is 2.45. The van der Waals surface area contributed by atoms with Crippen LogP contribution in [0.3, 0.4) is 0 Å². The molecule has 0 aliphatic carbocycles. The first-order valence-electron chi connectivity index (χ1n) is 7.36. The zero-order chi connectivity index (χ0) is 17.3. The molecule has 124 valence electrons. The number of benzene rings is 1. The predicted octanol–water partition coefficient (Wildman–Crippen LogP) is 2.71. The van der Waals surface area contributed by atoms with Gasteiger partial charge in [-0.3, -0.25) is 14.8 Å². The van der Waals surface area contributed by atoms with Crippen LogP contribution >= 0.6 is 0 Å². The number of rotatable bonds is 5. The summed E-state index contributed by atoms with van der Waals surface area (Å²) < 4.78 is 14.8. The number of likely N-dealkylation sites (N-methyl/N-ethyl adjacent to an activating group) is 1. The summed E-state index contributed by atoms with van der Waals surface area (Å²) >= 11 is 0. The van der Waals surface area contributed by atoms with E-state index in [9.17, 15) is 14.5 Å². The largest absolute Gasteiger partial charge is 0.308 e. The summed E-state index contributed by atoms with van der Waals surface area (Å²) in [6.07, 6.45) is 3.07. The number of aromatic nitrogens is 3. The molecule has 8 heteroatoms. The van der Waals surface area contributed by atoms with Crippen molar-refractivity contribution < 1.29 is 9.31 Å². The third-order valence-electron chi connectivity index (χ3n) is 3.68. The average molecular weight is 329 g/mol. The molecule has 0 amide bonds. The zero-order valence-corrected chi connectivity index (χ0v) is 13.3. The van der Waals surface area contributed by atoms with Gasteiger partial charge in [0.1, 0.15) is 0 Å². The molecule has 0 N–H and O–H groups in total. The Balaban J connectivity index is 2.08. The second kappa shape index (κ2) is 6.32. The Morgan fingerprint density at radius 3 is 2.75 bits per heavy atom. The summed E-state index contributed by atoms with van der Waals surface area (Å²) in [7, 11) is 3.93. The van der Waals surface area contributed by atoms with E-state index < -0.39 is 10.9 Å². The molecule has 0 aliphatic rings. The van der Waals surface area contributed by atoms with E-state index in [0.29, 0.717) is 28.6 Å². The fraction of sp³-hybridized carbons (Fsp3) is 0.250. The van der Waals surface area contributed by atoms with Gasteiger partial charge in [-0.1, -0.05) is 0 Å². The zero-order valence-electron chi connectivity index (χ0n) is 13.3. The molecule has 2 aromatic heterocycles. The van der Waals surface area contributed by atoms with Crippen molar-refractivity contribution >= 4 is 16.6 Å². The normalized spacial score (nSPS) is 11.3. The van der Waals surface area contributed by atoms with Gasteiger partial charge in [-0.2, -0.15) is 9.49 Å². The van der Waals surface area contributed by atoms with Crippen LogP contribution in [-0.4, -0.2) is 45.2 Å². The second-order valence-electron chi connectivity index (χ2n) is 5.75. The maximum absolute atomic E-state index is 13.0. The van der Waals surface area contributed by atoms with E-state index in [1.54, 1.807) is 16.9 Å². The van der Waals surface area contributed by atoms with E-state index >= 15 is 0 Å². The van der Waals surface area contributed by atoms with Crippen molar-refractivity contribution in [2.45, 2.75) is 6.54 Å². The molecule has 0 fully saturated rings. The van der Waals surface area contributed by atoms with Gasteiger partial charge in [0.05, 0.1) is 22.5 Å². The van der Waals surface area contributed by atoms with E-state index in [2.05, 4.69) is 10.1 Å². The Morgan fingerprint density at radius 1 is 1.33 bits per heavy atom. The highest BCUT2D eigenvalue weighted by atomic mass is 19.1. The lowest BCUT2D eigenvalue weighted by Crippen LogP contribution is -2.18. The van der Waals surface area contributed by atoms with Gasteiger partial charge in [-0.05, 0) is 32.3 Å². The summed E-state index contributed by atoms with van der Waals surface area (Å²) in [6, 6.07) is 5.79. The molecule has 7 nitrogen and oxygen atoms in total. The Bertz CT molecular complexity index is 889. The summed E-state index contributed by atoms with van der Waals surface area (Å²) in [5, 5.41) is 16.6. The number of halogens is 1. The molecule has 2 heterocycles. The molecule has 0 atom stereocenters. The van der Waals surface area contributed by atoms with Crippen molar-refractivity contribution in [3.8, 4) is 11.1 Å². The lowest BCUT2D eigenvalue weighted by molar-refractivity contribution is -0.384. The molecular weight excluding hydrogens is 313 g/mol. The van der Waals surface area contributed by atoms with Crippen LogP contribution in [0, 0.1) is 16.1 Å². The molecule has 3 rings (SSSR count). The van der Waals surface area contributed by atoms with Crippen LogP contribution in [0.4, 0.5) is 10.1 Å². The van der Waals surface area contributed by atoms with Crippen LogP contribution in [0.1, 0.15) is 0 Å². The maximum atomic E-state index is 13.0. The molecule has 0 radical (unpaired) electrons. The van der Waals surface area contributed by atoms with E-state index in [-0.39, 0.29) is 5.69 Å². The van der Waals surface area contributed by atoms with E-state index in [1.807, 2.05) is 19.0 Å². The number of fused-ring (bicyclic) bond motifs is 1. The number of pyridine rings is 1. The van der Waals surface area contributed by atoms with Gasteiger partial charge in [-0.15, -0.1) is 0 Å². The lowest BCUT2D eigenvalue weighted by atomic mass is 10.0. The van der Waals surface area contributed by atoms with Gasteiger partial charge < -0.3 is 4.90 Å². The first kappa shape index (κ1) is 16.0. The van der Waals surface area contributed by atoms with Gasteiger partial charge >= 0.3 is 0 Å². The van der Waals surface area contributed by atoms with E-state index in [1.165, 1.54) is 24.4 Å². The molecule has 0 bridgehead atoms. The smallest absolute Gasteiger partial charge is 0.278 e. The summed E-state index contributed by atoms with van der Waals surface area (Å²) in [6.45, 7) is 1.49. The van der Waals surface area contributed by atoms with Crippen molar-refractivity contribution in [2.75, 3.05) is 20.6 Å². The topological polar surface area (TPSA) is 77.1 Å². The minimum atomic E-state index is -0.629. The third-order valence-corrected chi connectivity index (χ3v) is 3.68. The first-order valence-corrected chi connectivity index (χ1v) is 7.36. The molecule has 0 spiro atoms. The lowest BCUT2D eigenvalue weighted by Gasteiger charge is -2.08. The SMILES string of the molecule is CN(C)CCn1cc2cc([N+](=O)[O-])c(-c3ccc(F)nc3)cc2n1.